The molecule has 1 aromatic carbocycles. The second kappa shape index (κ2) is 8.27. The van der Waals surface area contributed by atoms with Crippen LogP contribution < -0.4 is 0 Å². The molecule has 4 nitrogen and oxygen atoms in total. The van der Waals surface area contributed by atoms with Crippen LogP contribution >= 0.6 is 11.6 Å². The van der Waals surface area contributed by atoms with E-state index in [2.05, 4.69) is 0 Å². The van der Waals surface area contributed by atoms with Gasteiger partial charge in [0.25, 0.3) is 0 Å². The first-order valence-electron chi connectivity index (χ1n) is 6.13. The van der Waals surface area contributed by atoms with Crippen LogP contribution in [0.5, 0.6) is 0 Å². The maximum Gasteiger partial charge on any atom is 0.146 e. The summed E-state index contributed by atoms with van der Waals surface area (Å²) < 4.78 is 10.1. The van der Waals surface area contributed by atoms with Crippen molar-refractivity contribution >= 4 is 17.3 Å². The van der Waals surface area contributed by atoms with Gasteiger partial charge < -0.3 is 20.0 Å². The van der Waals surface area contributed by atoms with Crippen LogP contribution in [-0.2, 0) is 9.47 Å². The van der Waals surface area contributed by atoms with E-state index in [-0.39, 0.29) is 19.3 Å². The van der Waals surface area contributed by atoms with E-state index in [0.29, 0.717) is 17.2 Å². The minimum Gasteiger partial charge on any atom is -0.388 e. The molecule has 0 aliphatic rings. The summed E-state index contributed by atoms with van der Waals surface area (Å²) >= 11 is 5.87. The Morgan fingerprint density at radius 3 is 2.79 bits per heavy atom. The third-order valence-electron chi connectivity index (χ3n) is 2.68. The first-order valence-corrected chi connectivity index (χ1v) is 6.51. The molecule has 5 heteroatoms. The van der Waals surface area contributed by atoms with Crippen molar-refractivity contribution in [2.45, 2.75) is 32.0 Å². The minimum absolute atomic E-state index is 0.0981. The van der Waals surface area contributed by atoms with Crippen LogP contribution in [0.3, 0.4) is 0 Å². The molecule has 1 rings (SSSR count). The van der Waals surface area contributed by atoms with E-state index in [4.69, 9.17) is 26.5 Å². The van der Waals surface area contributed by atoms with Gasteiger partial charge in [0.05, 0.1) is 12.2 Å². The zero-order chi connectivity index (χ0) is 14.3. The molecule has 0 aliphatic carbocycles. The van der Waals surface area contributed by atoms with E-state index < -0.39 is 6.10 Å². The highest BCUT2D eigenvalue weighted by molar-refractivity contribution is 6.30. The SMILES string of the molecule is COCO[C@@H](C)CC(=N)C[C@H](O)c1cccc(Cl)c1. The molecular formula is C14H20ClNO3. The molecule has 1 aromatic rings. The summed E-state index contributed by atoms with van der Waals surface area (Å²) in [6.45, 7) is 2.09. The predicted molar refractivity (Wildman–Crippen MR) is 75.8 cm³/mol. The van der Waals surface area contributed by atoms with Crippen LogP contribution in [0.15, 0.2) is 24.3 Å². The van der Waals surface area contributed by atoms with E-state index in [9.17, 15) is 5.11 Å². The van der Waals surface area contributed by atoms with E-state index in [0.717, 1.165) is 5.56 Å². The van der Waals surface area contributed by atoms with Crippen molar-refractivity contribution in [3.63, 3.8) is 0 Å². The maximum atomic E-state index is 10.0. The smallest absolute Gasteiger partial charge is 0.146 e. The Kier molecular flexibility index (Phi) is 7.02. The van der Waals surface area contributed by atoms with Gasteiger partial charge in [-0.3, -0.25) is 0 Å². The molecule has 0 fully saturated rings. The van der Waals surface area contributed by atoms with Crippen molar-refractivity contribution in [2.75, 3.05) is 13.9 Å². The number of benzene rings is 1. The molecule has 2 N–H and O–H groups in total. The van der Waals surface area contributed by atoms with E-state index in [1.807, 2.05) is 6.92 Å². The summed E-state index contributed by atoms with van der Waals surface area (Å²) in [4.78, 5) is 0. The fourth-order valence-corrected chi connectivity index (χ4v) is 1.94. The van der Waals surface area contributed by atoms with Crippen LogP contribution in [0, 0.1) is 5.41 Å². The van der Waals surface area contributed by atoms with Crippen molar-refractivity contribution in [3.05, 3.63) is 34.9 Å². The fraction of sp³-hybridized carbons (Fsp3) is 0.500. The minimum atomic E-state index is -0.708. The van der Waals surface area contributed by atoms with Gasteiger partial charge in [-0.05, 0) is 24.6 Å². The number of hydrogen-bond acceptors (Lipinski definition) is 4. The molecular weight excluding hydrogens is 266 g/mol. The third-order valence-corrected chi connectivity index (χ3v) is 2.91. The lowest BCUT2D eigenvalue weighted by Crippen LogP contribution is -2.16. The van der Waals surface area contributed by atoms with E-state index in [1.54, 1.807) is 31.4 Å². The van der Waals surface area contributed by atoms with Crippen molar-refractivity contribution in [3.8, 4) is 0 Å². The van der Waals surface area contributed by atoms with E-state index >= 15 is 0 Å². The average Bonchev–Trinajstić information content (AvgIpc) is 2.36. The number of rotatable bonds is 8. The number of aliphatic hydroxyl groups is 1. The zero-order valence-corrected chi connectivity index (χ0v) is 12.0. The number of nitrogens with one attached hydrogen (secondary N) is 1. The lowest BCUT2D eigenvalue weighted by molar-refractivity contribution is -0.0627. The standard InChI is InChI=1S/C14H20ClNO3/c1-10(19-9-18-2)6-13(16)8-14(17)11-4-3-5-12(15)7-11/h3-5,7,10,14,16-17H,6,8-9H2,1-2H3/t10-,14-/m0/s1. The van der Waals surface area contributed by atoms with Crippen LogP contribution in [-0.4, -0.2) is 30.8 Å². The molecule has 2 atom stereocenters. The number of halogens is 1. The first kappa shape index (κ1) is 16.1. The molecule has 19 heavy (non-hydrogen) atoms. The van der Waals surface area contributed by atoms with Gasteiger partial charge in [0.2, 0.25) is 0 Å². The molecule has 0 aliphatic heterocycles. The molecule has 0 radical (unpaired) electrons. The number of aliphatic hydroxyl groups excluding tert-OH is 1. The Hall–Kier alpha value is -0.940. The summed E-state index contributed by atoms with van der Waals surface area (Å²) in [5.41, 5.74) is 1.17. The average molecular weight is 286 g/mol. The van der Waals surface area contributed by atoms with Crippen LogP contribution in [0.2, 0.25) is 5.02 Å². The summed E-state index contributed by atoms with van der Waals surface area (Å²) in [5.74, 6) is 0. The number of hydrogen-bond donors (Lipinski definition) is 2. The van der Waals surface area contributed by atoms with Crippen LogP contribution in [0.4, 0.5) is 0 Å². The Bertz CT molecular complexity index is 411. The Morgan fingerprint density at radius 1 is 1.42 bits per heavy atom. The summed E-state index contributed by atoms with van der Waals surface area (Å²) in [6.07, 6.45) is -0.0537. The van der Waals surface area contributed by atoms with Gasteiger partial charge in [0, 0.05) is 30.7 Å². The molecule has 0 unspecified atom stereocenters. The van der Waals surface area contributed by atoms with Crippen molar-refractivity contribution < 1.29 is 14.6 Å². The monoisotopic (exact) mass is 285 g/mol. The molecule has 0 spiro atoms. The highest BCUT2D eigenvalue weighted by Crippen LogP contribution is 2.21. The van der Waals surface area contributed by atoms with Gasteiger partial charge in [0.15, 0.2) is 0 Å². The van der Waals surface area contributed by atoms with Crippen molar-refractivity contribution in [1.82, 2.24) is 0 Å². The lowest BCUT2D eigenvalue weighted by Gasteiger charge is -2.16. The van der Waals surface area contributed by atoms with Gasteiger partial charge in [-0.1, -0.05) is 23.7 Å². The highest BCUT2D eigenvalue weighted by atomic mass is 35.5. The van der Waals surface area contributed by atoms with Gasteiger partial charge in [-0.2, -0.15) is 0 Å². The molecule has 0 heterocycles. The fourth-order valence-electron chi connectivity index (χ4n) is 1.74. The van der Waals surface area contributed by atoms with Crippen molar-refractivity contribution in [2.24, 2.45) is 0 Å². The Balaban J connectivity index is 2.43. The van der Waals surface area contributed by atoms with Gasteiger partial charge in [-0.25, -0.2) is 0 Å². The summed E-state index contributed by atoms with van der Waals surface area (Å²) in [6, 6.07) is 7.05. The molecule has 0 bridgehead atoms. The van der Waals surface area contributed by atoms with E-state index in [1.165, 1.54) is 0 Å². The zero-order valence-electron chi connectivity index (χ0n) is 11.2. The molecule has 0 saturated carbocycles. The Labute approximate surface area is 118 Å². The first-order chi connectivity index (χ1) is 9.02. The summed E-state index contributed by atoms with van der Waals surface area (Å²) in [7, 11) is 1.56. The molecule has 106 valence electrons. The van der Waals surface area contributed by atoms with Crippen LogP contribution in [0.1, 0.15) is 31.4 Å². The van der Waals surface area contributed by atoms with Crippen LogP contribution in [0.25, 0.3) is 0 Å². The molecule has 0 saturated heterocycles. The topological polar surface area (TPSA) is 62.5 Å². The number of ether oxygens (including phenoxy) is 2. The Morgan fingerprint density at radius 2 is 2.16 bits per heavy atom. The maximum absolute atomic E-state index is 10.0. The normalized spacial score (nSPS) is 14.1. The molecule has 0 aromatic heterocycles. The second-order valence-electron chi connectivity index (χ2n) is 4.47. The second-order valence-corrected chi connectivity index (χ2v) is 4.90. The lowest BCUT2D eigenvalue weighted by atomic mass is 10.0. The number of methoxy groups -OCH3 is 1. The highest BCUT2D eigenvalue weighted by Gasteiger charge is 2.13. The predicted octanol–water partition coefficient (Wildman–Crippen LogP) is 3.18. The largest absolute Gasteiger partial charge is 0.388 e. The quantitative estimate of drug-likeness (QED) is 0.569. The summed E-state index contributed by atoms with van der Waals surface area (Å²) in [5, 5.41) is 18.5. The van der Waals surface area contributed by atoms with Crippen molar-refractivity contribution in [1.29, 1.82) is 5.41 Å². The van der Waals surface area contributed by atoms with Gasteiger partial charge in [0.1, 0.15) is 6.79 Å². The van der Waals surface area contributed by atoms with Gasteiger partial charge in [-0.15, -0.1) is 0 Å². The van der Waals surface area contributed by atoms with Gasteiger partial charge >= 0.3 is 0 Å². The molecule has 0 amide bonds. The third kappa shape index (κ3) is 6.16.